The van der Waals surface area contributed by atoms with E-state index in [0.29, 0.717) is 28.2 Å². The lowest BCUT2D eigenvalue weighted by Crippen LogP contribution is -2.14. The van der Waals surface area contributed by atoms with Crippen molar-refractivity contribution in [3.8, 4) is 11.5 Å². The molecular weight excluding hydrogens is 339 g/mol. The Morgan fingerprint density at radius 1 is 1.27 bits per heavy atom. The second kappa shape index (κ2) is 7.39. The fourth-order valence-electron chi connectivity index (χ4n) is 2.65. The number of ketones is 1. The highest BCUT2D eigenvalue weighted by Gasteiger charge is 2.30. The first kappa shape index (κ1) is 17.7. The Labute approximate surface area is 150 Å². The van der Waals surface area contributed by atoms with Crippen LogP contribution in [0.3, 0.4) is 0 Å². The topological polar surface area (TPSA) is 61.8 Å². The summed E-state index contributed by atoms with van der Waals surface area (Å²) >= 11 is 0. The third-order valence-electron chi connectivity index (χ3n) is 3.75. The maximum absolute atomic E-state index is 13.3. The lowest BCUT2D eigenvalue weighted by molar-refractivity contribution is -0.145. The number of hydrogen-bond acceptors (Lipinski definition) is 5. The Kier molecular flexibility index (Phi) is 5.02. The second-order valence-electron chi connectivity index (χ2n) is 5.70. The average molecular weight is 356 g/mol. The first-order valence-electron chi connectivity index (χ1n) is 8.11. The number of rotatable bonds is 5. The molecule has 2 aromatic rings. The lowest BCUT2D eigenvalue weighted by Gasteiger charge is -2.08. The van der Waals surface area contributed by atoms with E-state index in [4.69, 9.17) is 14.2 Å². The zero-order valence-electron chi connectivity index (χ0n) is 14.4. The van der Waals surface area contributed by atoms with Crippen LogP contribution in [-0.2, 0) is 9.53 Å². The Bertz CT molecular complexity index is 901. The number of halogens is 1. The van der Waals surface area contributed by atoms with E-state index in [0.717, 1.165) is 0 Å². The Balaban J connectivity index is 1.83. The van der Waals surface area contributed by atoms with Crippen molar-refractivity contribution >= 4 is 17.8 Å². The SMILES string of the molecule is CCOC(=O)COc1cc(C)c2c(c1)O/C(=C\c1cccc(F)c1)C2=O. The van der Waals surface area contributed by atoms with Crippen LogP contribution >= 0.6 is 0 Å². The summed E-state index contributed by atoms with van der Waals surface area (Å²) in [5, 5.41) is 0. The molecule has 0 radical (unpaired) electrons. The molecule has 0 aromatic heterocycles. The molecule has 5 nitrogen and oxygen atoms in total. The molecule has 1 heterocycles. The van der Waals surface area contributed by atoms with Crippen molar-refractivity contribution in [2.24, 2.45) is 0 Å². The smallest absolute Gasteiger partial charge is 0.344 e. The number of aryl methyl sites for hydroxylation is 1. The number of benzene rings is 2. The number of allylic oxidation sites excluding steroid dienone is 1. The molecule has 0 amide bonds. The number of hydrogen-bond donors (Lipinski definition) is 0. The molecule has 2 aromatic carbocycles. The van der Waals surface area contributed by atoms with Crippen molar-refractivity contribution < 1.29 is 28.2 Å². The maximum atomic E-state index is 13.3. The van der Waals surface area contributed by atoms with Gasteiger partial charge in [0.2, 0.25) is 5.78 Å². The summed E-state index contributed by atoms with van der Waals surface area (Å²) in [6, 6.07) is 9.08. The third-order valence-corrected chi connectivity index (χ3v) is 3.75. The van der Waals surface area contributed by atoms with Gasteiger partial charge in [0.05, 0.1) is 12.2 Å². The Hall–Kier alpha value is -3.15. The molecular formula is C20H17FO5. The number of carbonyl (C=O) groups is 2. The molecule has 0 unspecified atom stereocenters. The average Bonchev–Trinajstić information content (AvgIpc) is 2.89. The summed E-state index contributed by atoms with van der Waals surface area (Å²) < 4.78 is 29.1. The lowest BCUT2D eigenvalue weighted by atomic mass is 10.0. The van der Waals surface area contributed by atoms with E-state index < -0.39 is 11.8 Å². The van der Waals surface area contributed by atoms with E-state index in [1.54, 1.807) is 38.1 Å². The van der Waals surface area contributed by atoms with Crippen molar-refractivity contribution in [2.45, 2.75) is 13.8 Å². The van der Waals surface area contributed by atoms with Crippen LogP contribution in [0.1, 0.15) is 28.4 Å². The predicted octanol–water partition coefficient (Wildman–Crippen LogP) is 3.69. The van der Waals surface area contributed by atoms with Gasteiger partial charge in [-0.05, 0) is 49.2 Å². The van der Waals surface area contributed by atoms with Crippen LogP contribution in [-0.4, -0.2) is 25.0 Å². The summed E-state index contributed by atoms with van der Waals surface area (Å²) in [6.45, 7) is 3.51. The van der Waals surface area contributed by atoms with Crippen molar-refractivity contribution in [2.75, 3.05) is 13.2 Å². The van der Waals surface area contributed by atoms with Gasteiger partial charge in [0.1, 0.15) is 17.3 Å². The zero-order chi connectivity index (χ0) is 18.7. The van der Waals surface area contributed by atoms with Gasteiger partial charge in [0, 0.05) is 6.07 Å². The molecule has 0 N–H and O–H groups in total. The molecule has 1 aliphatic heterocycles. The highest BCUT2D eigenvalue weighted by atomic mass is 19.1. The molecule has 0 fully saturated rings. The van der Waals surface area contributed by atoms with Gasteiger partial charge in [-0.3, -0.25) is 4.79 Å². The highest BCUT2D eigenvalue weighted by molar-refractivity contribution is 6.15. The fraction of sp³-hybridized carbons (Fsp3) is 0.200. The third kappa shape index (κ3) is 3.74. The molecule has 0 bridgehead atoms. The van der Waals surface area contributed by atoms with Crippen LogP contribution in [0.15, 0.2) is 42.2 Å². The van der Waals surface area contributed by atoms with Crippen LogP contribution in [0.5, 0.6) is 11.5 Å². The van der Waals surface area contributed by atoms with Gasteiger partial charge >= 0.3 is 5.97 Å². The highest BCUT2D eigenvalue weighted by Crippen LogP contribution is 2.37. The van der Waals surface area contributed by atoms with Crippen molar-refractivity contribution in [1.29, 1.82) is 0 Å². The van der Waals surface area contributed by atoms with Crippen molar-refractivity contribution in [1.82, 2.24) is 0 Å². The quantitative estimate of drug-likeness (QED) is 0.604. The molecule has 0 atom stereocenters. The summed E-state index contributed by atoms with van der Waals surface area (Å²) in [7, 11) is 0. The van der Waals surface area contributed by atoms with Crippen LogP contribution in [0.4, 0.5) is 4.39 Å². The minimum absolute atomic E-state index is 0.108. The van der Waals surface area contributed by atoms with Crippen LogP contribution in [0, 0.1) is 12.7 Å². The number of Topliss-reactive ketones (excluding diaryl/α,β-unsaturated/α-hetero) is 1. The molecule has 26 heavy (non-hydrogen) atoms. The summed E-state index contributed by atoms with van der Waals surface area (Å²) in [4.78, 5) is 24.0. The van der Waals surface area contributed by atoms with Gasteiger partial charge in [-0.25, -0.2) is 9.18 Å². The molecule has 134 valence electrons. The van der Waals surface area contributed by atoms with Gasteiger partial charge in [-0.1, -0.05) is 12.1 Å². The van der Waals surface area contributed by atoms with E-state index in [1.807, 2.05) is 0 Å². The molecule has 0 aliphatic carbocycles. The monoisotopic (exact) mass is 356 g/mol. The maximum Gasteiger partial charge on any atom is 0.344 e. The number of fused-ring (bicyclic) bond motifs is 1. The first-order valence-corrected chi connectivity index (χ1v) is 8.11. The molecule has 1 aliphatic rings. The second-order valence-corrected chi connectivity index (χ2v) is 5.70. The number of ether oxygens (including phenoxy) is 3. The van der Waals surface area contributed by atoms with Crippen molar-refractivity contribution in [3.05, 3.63) is 64.7 Å². The minimum atomic E-state index is -0.477. The number of esters is 1. The van der Waals surface area contributed by atoms with Gasteiger partial charge in [-0.15, -0.1) is 0 Å². The van der Waals surface area contributed by atoms with Crippen LogP contribution in [0.2, 0.25) is 0 Å². The summed E-state index contributed by atoms with van der Waals surface area (Å²) in [5.41, 5.74) is 1.61. The molecule has 3 rings (SSSR count). The Morgan fingerprint density at radius 2 is 2.08 bits per heavy atom. The zero-order valence-corrected chi connectivity index (χ0v) is 14.4. The first-order chi connectivity index (χ1) is 12.5. The molecule has 0 saturated heterocycles. The van der Waals surface area contributed by atoms with E-state index in [9.17, 15) is 14.0 Å². The van der Waals surface area contributed by atoms with E-state index in [-0.39, 0.29) is 24.8 Å². The van der Waals surface area contributed by atoms with Crippen LogP contribution in [0.25, 0.3) is 6.08 Å². The predicted molar refractivity (Wildman–Crippen MR) is 92.6 cm³/mol. The van der Waals surface area contributed by atoms with E-state index in [1.165, 1.54) is 18.2 Å². The van der Waals surface area contributed by atoms with Crippen molar-refractivity contribution in [3.63, 3.8) is 0 Å². The fourth-order valence-corrected chi connectivity index (χ4v) is 2.65. The van der Waals surface area contributed by atoms with E-state index >= 15 is 0 Å². The normalized spacial score (nSPS) is 14.1. The van der Waals surface area contributed by atoms with Gasteiger partial charge in [0.15, 0.2) is 12.4 Å². The molecule has 0 saturated carbocycles. The summed E-state index contributed by atoms with van der Waals surface area (Å²) in [5.74, 6) is -0.303. The Morgan fingerprint density at radius 3 is 2.81 bits per heavy atom. The van der Waals surface area contributed by atoms with Gasteiger partial charge < -0.3 is 14.2 Å². The van der Waals surface area contributed by atoms with E-state index in [2.05, 4.69) is 0 Å². The molecule has 6 heteroatoms. The molecule has 0 spiro atoms. The van der Waals surface area contributed by atoms with Crippen LogP contribution < -0.4 is 9.47 Å². The largest absolute Gasteiger partial charge is 0.482 e. The number of carbonyl (C=O) groups excluding carboxylic acids is 2. The van der Waals surface area contributed by atoms with Gasteiger partial charge in [0.25, 0.3) is 0 Å². The van der Waals surface area contributed by atoms with Gasteiger partial charge in [-0.2, -0.15) is 0 Å². The minimum Gasteiger partial charge on any atom is -0.482 e. The summed E-state index contributed by atoms with van der Waals surface area (Å²) in [6.07, 6.45) is 1.49. The standard InChI is InChI=1S/C20H17FO5/c1-3-24-18(22)11-25-15-7-12(2)19-16(10-15)26-17(20(19)23)9-13-5-4-6-14(21)8-13/h4-10H,3,11H2,1-2H3/b17-9-.